The first kappa shape index (κ1) is 19.8. The number of ether oxygens (including phenoxy) is 2. The van der Waals surface area contributed by atoms with Crippen LogP contribution in [0.5, 0.6) is 5.75 Å². The molecule has 7 heteroatoms. The molecule has 0 spiro atoms. The monoisotopic (exact) mass is 442 g/mol. The highest BCUT2D eigenvalue weighted by Crippen LogP contribution is 2.47. The Balaban J connectivity index is 1.61. The summed E-state index contributed by atoms with van der Waals surface area (Å²) in [5.74, 6) is 1.65. The molecule has 3 aliphatic rings. The van der Waals surface area contributed by atoms with Gasteiger partial charge < -0.3 is 23.9 Å². The Hall–Kier alpha value is -3.84. The van der Waals surface area contributed by atoms with Crippen LogP contribution < -0.4 is 4.74 Å². The molecule has 166 valence electrons. The summed E-state index contributed by atoms with van der Waals surface area (Å²) in [6, 6.07) is 8.00. The van der Waals surface area contributed by atoms with Gasteiger partial charge in [-0.3, -0.25) is 4.79 Å². The predicted octanol–water partition coefficient (Wildman–Crippen LogP) is 3.96. The molecule has 0 amide bonds. The maximum absolute atomic E-state index is 10.8. The maximum atomic E-state index is 10.8. The van der Waals surface area contributed by atoms with E-state index in [1.807, 2.05) is 24.3 Å². The predicted molar refractivity (Wildman–Crippen MR) is 122 cm³/mol. The minimum atomic E-state index is -0.757. The van der Waals surface area contributed by atoms with Crippen molar-refractivity contribution in [1.82, 2.24) is 9.88 Å². The van der Waals surface area contributed by atoms with Crippen molar-refractivity contribution in [2.45, 2.75) is 26.0 Å². The van der Waals surface area contributed by atoms with Gasteiger partial charge in [-0.2, -0.15) is 0 Å². The molecular weight excluding hydrogens is 420 g/mol. The second-order valence-electron chi connectivity index (χ2n) is 8.45. The fourth-order valence-electron chi connectivity index (χ4n) is 5.02. The molecule has 1 aromatic carbocycles. The zero-order chi connectivity index (χ0) is 22.7. The van der Waals surface area contributed by atoms with Gasteiger partial charge in [-0.25, -0.2) is 4.98 Å². The second kappa shape index (κ2) is 7.35. The van der Waals surface area contributed by atoms with Gasteiger partial charge in [-0.15, -0.1) is 0 Å². The molecule has 0 fully saturated rings. The zero-order valence-electron chi connectivity index (χ0n) is 18.1. The Morgan fingerprint density at radius 1 is 1.39 bits per heavy atom. The number of furan rings is 1. The number of benzene rings is 1. The summed E-state index contributed by atoms with van der Waals surface area (Å²) in [5.41, 5.74) is 7.76. The number of pyridine rings is 1. The maximum Gasteiger partial charge on any atom is 0.293 e. The van der Waals surface area contributed by atoms with Crippen molar-refractivity contribution in [1.29, 1.82) is 0 Å². The van der Waals surface area contributed by atoms with E-state index in [-0.39, 0.29) is 6.61 Å². The highest BCUT2D eigenvalue weighted by molar-refractivity contribution is 5.99. The van der Waals surface area contributed by atoms with Gasteiger partial charge in [0, 0.05) is 40.3 Å². The van der Waals surface area contributed by atoms with E-state index in [0.29, 0.717) is 36.5 Å². The van der Waals surface area contributed by atoms with Crippen LogP contribution in [-0.4, -0.2) is 40.8 Å². The number of aromatic nitrogens is 1. The first-order chi connectivity index (χ1) is 16.1. The molecule has 0 aliphatic carbocycles. The summed E-state index contributed by atoms with van der Waals surface area (Å²) in [4.78, 5) is 17.9. The summed E-state index contributed by atoms with van der Waals surface area (Å²) in [5, 5.41) is 11.5. The van der Waals surface area contributed by atoms with Gasteiger partial charge in [0.15, 0.2) is 0 Å². The van der Waals surface area contributed by atoms with Crippen LogP contribution in [0.2, 0.25) is 0 Å². The number of hydrogen-bond acceptors (Lipinski definition) is 7. The lowest BCUT2D eigenvalue weighted by Gasteiger charge is -2.31. The Labute approximate surface area is 190 Å². The average molecular weight is 442 g/mol. The number of nitrogens with zero attached hydrogens (tertiary/aromatic N) is 2. The van der Waals surface area contributed by atoms with Crippen LogP contribution in [0.3, 0.4) is 0 Å². The lowest BCUT2D eigenvalue weighted by molar-refractivity contribution is -0.127. The van der Waals surface area contributed by atoms with Crippen molar-refractivity contribution in [3.8, 4) is 17.1 Å². The lowest BCUT2D eigenvalue weighted by Crippen LogP contribution is -2.25. The van der Waals surface area contributed by atoms with E-state index >= 15 is 0 Å². The molecule has 0 saturated heterocycles. The average Bonchev–Trinajstić information content (AvgIpc) is 3.55. The van der Waals surface area contributed by atoms with E-state index in [1.54, 1.807) is 13.2 Å². The molecule has 7 nitrogen and oxygen atoms in total. The SMILES string of the molecule is C=C1C(COC=O)=C(C(C)O)C=C2c3nc4cc5c(cc4c(-c4ccco4)c3CN12)CCO5. The molecule has 2 aromatic heterocycles. The molecule has 33 heavy (non-hydrogen) atoms. The van der Waals surface area contributed by atoms with Crippen molar-refractivity contribution in [3.63, 3.8) is 0 Å². The highest BCUT2D eigenvalue weighted by Gasteiger charge is 2.37. The second-order valence-corrected chi connectivity index (χ2v) is 8.45. The highest BCUT2D eigenvalue weighted by atomic mass is 16.5. The quantitative estimate of drug-likeness (QED) is 0.599. The van der Waals surface area contributed by atoms with Crippen molar-refractivity contribution in [2.75, 3.05) is 13.2 Å². The minimum Gasteiger partial charge on any atom is -0.493 e. The standard InChI is InChI=1S/C26H22N2O5/c1-14-20(12-31-13-29)17(15(2)30)9-22-26-19(11-28(14)22)25(23-4-3-6-32-23)18-8-16-5-7-33-24(16)10-21(18)27-26/h3-4,6,8-10,13,15,30H,1,5,7,11-12H2,2H3. The van der Waals surface area contributed by atoms with E-state index in [2.05, 4.69) is 17.5 Å². The third-order valence-electron chi connectivity index (χ3n) is 6.57. The molecule has 1 unspecified atom stereocenters. The molecule has 5 heterocycles. The number of aliphatic hydroxyl groups excluding tert-OH is 1. The summed E-state index contributed by atoms with van der Waals surface area (Å²) in [6.07, 6.45) is 3.71. The van der Waals surface area contributed by atoms with Crippen LogP contribution >= 0.6 is 0 Å². The van der Waals surface area contributed by atoms with E-state index in [9.17, 15) is 9.90 Å². The Bertz CT molecular complexity index is 1380. The van der Waals surface area contributed by atoms with Gasteiger partial charge in [0.25, 0.3) is 6.47 Å². The largest absolute Gasteiger partial charge is 0.493 e. The fourth-order valence-corrected chi connectivity index (χ4v) is 5.02. The smallest absolute Gasteiger partial charge is 0.293 e. The normalized spacial score (nSPS) is 17.5. The van der Waals surface area contributed by atoms with Gasteiger partial charge in [0.2, 0.25) is 0 Å². The van der Waals surface area contributed by atoms with Crippen LogP contribution in [0.4, 0.5) is 0 Å². The van der Waals surface area contributed by atoms with Crippen LogP contribution in [0.1, 0.15) is 23.7 Å². The van der Waals surface area contributed by atoms with Gasteiger partial charge in [-0.1, -0.05) is 6.58 Å². The number of hydrogen-bond donors (Lipinski definition) is 1. The first-order valence-electron chi connectivity index (χ1n) is 10.9. The van der Waals surface area contributed by atoms with Crippen molar-refractivity contribution in [2.24, 2.45) is 0 Å². The van der Waals surface area contributed by atoms with Crippen LogP contribution in [0, 0.1) is 0 Å². The van der Waals surface area contributed by atoms with E-state index in [4.69, 9.17) is 18.9 Å². The third kappa shape index (κ3) is 2.93. The number of aliphatic hydroxyl groups is 1. The van der Waals surface area contributed by atoms with Crippen molar-refractivity contribution < 1.29 is 23.8 Å². The Morgan fingerprint density at radius 3 is 3.03 bits per heavy atom. The minimum absolute atomic E-state index is 0.0453. The summed E-state index contributed by atoms with van der Waals surface area (Å²) >= 11 is 0. The fraction of sp³-hybridized carbons (Fsp3) is 0.231. The Morgan fingerprint density at radius 2 is 2.27 bits per heavy atom. The molecule has 1 N–H and O–H groups in total. The zero-order valence-corrected chi connectivity index (χ0v) is 18.1. The van der Waals surface area contributed by atoms with Gasteiger partial charge in [0.05, 0.1) is 42.4 Å². The lowest BCUT2D eigenvalue weighted by atomic mass is 9.95. The van der Waals surface area contributed by atoms with Crippen molar-refractivity contribution in [3.05, 3.63) is 76.8 Å². The van der Waals surface area contributed by atoms with Crippen LogP contribution in [0.25, 0.3) is 27.9 Å². The molecule has 1 atom stereocenters. The molecule has 0 saturated carbocycles. The van der Waals surface area contributed by atoms with Gasteiger partial charge in [-0.05, 0) is 42.3 Å². The number of rotatable bonds is 5. The van der Waals surface area contributed by atoms with Crippen LogP contribution in [-0.2, 0) is 22.5 Å². The summed E-state index contributed by atoms with van der Waals surface area (Å²) in [7, 11) is 0. The third-order valence-corrected chi connectivity index (χ3v) is 6.57. The molecule has 6 rings (SSSR count). The Kier molecular flexibility index (Phi) is 4.41. The topological polar surface area (TPSA) is 85.0 Å². The summed E-state index contributed by atoms with van der Waals surface area (Å²) < 4.78 is 16.7. The van der Waals surface area contributed by atoms with Crippen molar-refractivity contribution >= 4 is 23.1 Å². The van der Waals surface area contributed by atoms with E-state index in [1.165, 1.54) is 5.56 Å². The number of fused-ring (bicyclic) bond motifs is 5. The molecular formula is C26H22N2O5. The summed E-state index contributed by atoms with van der Waals surface area (Å²) in [6.45, 7) is 7.63. The van der Waals surface area contributed by atoms with Crippen LogP contribution in [0.15, 0.2) is 64.4 Å². The van der Waals surface area contributed by atoms with E-state index in [0.717, 1.165) is 51.4 Å². The molecule has 0 radical (unpaired) electrons. The van der Waals surface area contributed by atoms with Gasteiger partial charge >= 0.3 is 0 Å². The number of carbonyl (C=O) groups excluding carboxylic acids is 1. The van der Waals surface area contributed by atoms with Gasteiger partial charge in [0.1, 0.15) is 18.1 Å². The number of carbonyl (C=O) groups is 1. The molecule has 3 aromatic rings. The van der Waals surface area contributed by atoms with E-state index < -0.39 is 6.10 Å². The first-order valence-corrected chi connectivity index (χ1v) is 10.9. The molecule has 0 bridgehead atoms. The molecule has 3 aliphatic heterocycles.